The van der Waals surface area contributed by atoms with E-state index >= 15 is 0 Å². The Balaban J connectivity index is 2.27. The molecule has 1 aromatic carbocycles. The molecule has 0 bridgehead atoms. The van der Waals surface area contributed by atoms with Crippen LogP contribution in [-0.2, 0) is 6.54 Å². The van der Waals surface area contributed by atoms with Crippen molar-refractivity contribution in [1.82, 2.24) is 14.3 Å². The average Bonchev–Trinajstić information content (AvgIpc) is 2.76. The zero-order valence-electron chi connectivity index (χ0n) is 12.8. The van der Waals surface area contributed by atoms with Crippen LogP contribution in [0, 0.1) is 18.6 Å². The normalized spacial score (nSPS) is 11.5. The summed E-state index contributed by atoms with van der Waals surface area (Å²) in [5.74, 6) is -1.19. The molecule has 0 saturated carbocycles. The number of hydrogen-bond acceptors (Lipinski definition) is 2. The lowest BCUT2D eigenvalue weighted by molar-refractivity contribution is 0.396. The van der Waals surface area contributed by atoms with Gasteiger partial charge in [0.2, 0.25) is 0 Å². The molecule has 0 atom stereocenters. The molecule has 3 rings (SSSR count). The van der Waals surface area contributed by atoms with Crippen LogP contribution in [0.25, 0.3) is 16.9 Å². The molecule has 3 nitrogen and oxygen atoms in total. The Morgan fingerprint density at radius 3 is 2.59 bits per heavy atom. The number of halogens is 2. The first-order chi connectivity index (χ1) is 10.5. The maximum atomic E-state index is 14.2. The van der Waals surface area contributed by atoms with Crippen molar-refractivity contribution < 1.29 is 8.78 Å². The van der Waals surface area contributed by atoms with Gasteiger partial charge in [-0.3, -0.25) is 0 Å². The van der Waals surface area contributed by atoms with Crippen LogP contribution in [0.15, 0.2) is 36.5 Å². The lowest BCUT2D eigenvalue weighted by Gasteiger charge is -2.12. The van der Waals surface area contributed by atoms with Crippen LogP contribution >= 0.6 is 0 Å². The third-order valence-corrected chi connectivity index (χ3v) is 3.53. The second kappa shape index (κ2) is 5.50. The number of hydrogen-bond donors (Lipinski definition) is 0. The summed E-state index contributed by atoms with van der Waals surface area (Å²) in [6.45, 7) is 2.59. The summed E-state index contributed by atoms with van der Waals surface area (Å²) in [6.07, 6.45) is 1.93. The van der Waals surface area contributed by atoms with E-state index in [0.717, 1.165) is 23.0 Å². The molecular formula is C17H17F2N3. The van der Waals surface area contributed by atoms with E-state index in [2.05, 4.69) is 4.98 Å². The zero-order chi connectivity index (χ0) is 15.9. The third kappa shape index (κ3) is 2.60. The minimum Gasteiger partial charge on any atom is -0.304 e. The molecule has 0 spiro atoms. The van der Waals surface area contributed by atoms with Crippen molar-refractivity contribution in [3.8, 4) is 11.3 Å². The molecule has 0 radical (unpaired) electrons. The summed E-state index contributed by atoms with van der Waals surface area (Å²) >= 11 is 0. The summed E-state index contributed by atoms with van der Waals surface area (Å²) in [5.41, 5.74) is 3.59. The number of nitrogens with zero attached hydrogens (tertiary/aromatic N) is 3. The highest BCUT2D eigenvalue weighted by Crippen LogP contribution is 2.28. The van der Waals surface area contributed by atoms with Gasteiger partial charge in [0.05, 0.1) is 11.4 Å². The first kappa shape index (κ1) is 14.7. The van der Waals surface area contributed by atoms with E-state index in [9.17, 15) is 8.78 Å². The molecule has 0 saturated heterocycles. The van der Waals surface area contributed by atoms with Gasteiger partial charge >= 0.3 is 0 Å². The summed E-state index contributed by atoms with van der Waals surface area (Å²) in [5, 5.41) is 0. The number of pyridine rings is 1. The van der Waals surface area contributed by atoms with Gasteiger partial charge in [-0.25, -0.2) is 13.8 Å². The number of benzene rings is 1. The number of aryl methyl sites for hydroxylation is 1. The monoisotopic (exact) mass is 301 g/mol. The van der Waals surface area contributed by atoms with Crippen LogP contribution < -0.4 is 0 Å². The van der Waals surface area contributed by atoms with Crippen LogP contribution in [0.3, 0.4) is 0 Å². The molecule has 0 unspecified atom stereocenters. The third-order valence-electron chi connectivity index (χ3n) is 3.53. The molecule has 0 fully saturated rings. The molecular weight excluding hydrogens is 284 g/mol. The maximum Gasteiger partial charge on any atom is 0.137 e. The van der Waals surface area contributed by atoms with Crippen LogP contribution in [-0.4, -0.2) is 28.4 Å². The molecule has 0 amide bonds. The molecule has 0 aliphatic rings. The molecule has 2 heterocycles. The average molecular weight is 301 g/mol. The highest BCUT2D eigenvalue weighted by Gasteiger charge is 2.18. The van der Waals surface area contributed by atoms with Crippen molar-refractivity contribution in [2.24, 2.45) is 0 Å². The van der Waals surface area contributed by atoms with Crippen LogP contribution in [0.1, 0.15) is 11.3 Å². The van der Waals surface area contributed by atoms with E-state index in [1.54, 1.807) is 0 Å². The molecule has 0 aliphatic carbocycles. The van der Waals surface area contributed by atoms with E-state index < -0.39 is 11.6 Å². The topological polar surface area (TPSA) is 20.5 Å². The van der Waals surface area contributed by atoms with Crippen LogP contribution in [0.2, 0.25) is 0 Å². The standard InChI is InChI=1S/C17H17F2N3/c1-11-6-7-22-15(10-21(2)3)17(20-16(22)8-11)13-5-4-12(18)9-14(13)19/h4-9H,10H2,1-3H3. The Morgan fingerprint density at radius 1 is 1.14 bits per heavy atom. The first-order valence-electron chi connectivity index (χ1n) is 7.03. The summed E-state index contributed by atoms with van der Waals surface area (Å²) in [4.78, 5) is 6.56. The van der Waals surface area contributed by atoms with Gasteiger partial charge < -0.3 is 9.30 Å². The highest BCUT2D eigenvalue weighted by molar-refractivity contribution is 5.67. The first-order valence-corrected chi connectivity index (χ1v) is 7.03. The maximum absolute atomic E-state index is 14.2. The predicted molar refractivity (Wildman–Crippen MR) is 82.7 cm³/mol. The lowest BCUT2D eigenvalue weighted by Crippen LogP contribution is -2.13. The Bertz CT molecular complexity index is 837. The molecule has 22 heavy (non-hydrogen) atoms. The predicted octanol–water partition coefficient (Wildman–Crippen LogP) is 3.65. The second-order valence-corrected chi connectivity index (χ2v) is 5.70. The SMILES string of the molecule is Cc1ccn2c(CN(C)C)c(-c3ccc(F)cc3F)nc2c1. The van der Waals surface area contributed by atoms with Gasteiger partial charge in [-0.15, -0.1) is 0 Å². The lowest BCUT2D eigenvalue weighted by atomic mass is 10.1. The van der Waals surface area contributed by atoms with Gasteiger partial charge in [-0.2, -0.15) is 0 Å². The van der Waals surface area contributed by atoms with E-state index in [0.29, 0.717) is 17.8 Å². The van der Waals surface area contributed by atoms with Crippen molar-refractivity contribution >= 4 is 5.65 Å². The Hall–Kier alpha value is -2.27. The molecule has 3 aromatic rings. The number of fused-ring (bicyclic) bond motifs is 1. The smallest absolute Gasteiger partial charge is 0.137 e. The summed E-state index contributed by atoms with van der Waals surface area (Å²) in [7, 11) is 3.89. The van der Waals surface area contributed by atoms with Crippen molar-refractivity contribution in [1.29, 1.82) is 0 Å². The number of rotatable bonds is 3. The Morgan fingerprint density at radius 2 is 1.91 bits per heavy atom. The zero-order valence-corrected chi connectivity index (χ0v) is 12.8. The van der Waals surface area contributed by atoms with Gasteiger partial charge in [-0.05, 0) is 50.8 Å². The van der Waals surface area contributed by atoms with E-state index in [1.807, 2.05) is 48.6 Å². The van der Waals surface area contributed by atoms with Crippen molar-refractivity contribution in [3.05, 3.63) is 59.4 Å². The number of aromatic nitrogens is 2. The van der Waals surface area contributed by atoms with Crippen molar-refractivity contribution in [3.63, 3.8) is 0 Å². The summed E-state index contributed by atoms with van der Waals surface area (Å²) in [6, 6.07) is 7.53. The van der Waals surface area contributed by atoms with Gasteiger partial charge in [-0.1, -0.05) is 0 Å². The minimum absolute atomic E-state index is 0.319. The van der Waals surface area contributed by atoms with E-state index in [1.165, 1.54) is 12.1 Å². The largest absolute Gasteiger partial charge is 0.304 e. The molecule has 114 valence electrons. The van der Waals surface area contributed by atoms with E-state index in [-0.39, 0.29) is 0 Å². The minimum atomic E-state index is -0.597. The van der Waals surface area contributed by atoms with Crippen molar-refractivity contribution in [2.75, 3.05) is 14.1 Å². The number of imidazole rings is 1. The quantitative estimate of drug-likeness (QED) is 0.736. The molecule has 5 heteroatoms. The van der Waals surface area contributed by atoms with Gasteiger partial charge in [0.1, 0.15) is 17.3 Å². The fraction of sp³-hybridized carbons (Fsp3) is 0.235. The summed E-state index contributed by atoms with van der Waals surface area (Å²) < 4.78 is 29.3. The van der Waals surface area contributed by atoms with Crippen molar-refractivity contribution in [2.45, 2.75) is 13.5 Å². The Kier molecular flexibility index (Phi) is 3.66. The van der Waals surface area contributed by atoms with E-state index in [4.69, 9.17) is 0 Å². The molecule has 2 aromatic heterocycles. The second-order valence-electron chi connectivity index (χ2n) is 5.70. The highest BCUT2D eigenvalue weighted by atomic mass is 19.1. The van der Waals surface area contributed by atoms with Gasteiger partial charge in [0.15, 0.2) is 0 Å². The fourth-order valence-electron chi connectivity index (χ4n) is 2.55. The van der Waals surface area contributed by atoms with Gasteiger partial charge in [0, 0.05) is 24.4 Å². The molecule has 0 N–H and O–H groups in total. The van der Waals surface area contributed by atoms with Crippen LogP contribution in [0.5, 0.6) is 0 Å². The van der Waals surface area contributed by atoms with Gasteiger partial charge in [0.25, 0.3) is 0 Å². The Labute approximate surface area is 127 Å². The fourth-order valence-corrected chi connectivity index (χ4v) is 2.55. The van der Waals surface area contributed by atoms with Crippen LogP contribution in [0.4, 0.5) is 8.78 Å². The molecule has 0 aliphatic heterocycles.